The topological polar surface area (TPSA) is 13.0 Å². The zero-order valence-corrected chi connectivity index (χ0v) is 18.7. The maximum atomic E-state index is 2.76. The number of likely N-dealkylation sites (tertiary alicyclic amines) is 2. The average molecular weight is 379 g/mol. The quantitative estimate of drug-likeness (QED) is 0.640. The first-order chi connectivity index (χ1) is 13.0. The summed E-state index contributed by atoms with van der Waals surface area (Å²) in [7, 11) is 0. The maximum Gasteiger partial charge on any atom is 0.0507 e. The normalized spacial score (nSPS) is 35.1. The molecule has 4 atom stereocenters. The van der Waals surface area contributed by atoms with Crippen molar-refractivity contribution in [2.75, 3.05) is 59.0 Å². The van der Waals surface area contributed by atoms with Gasteiger partial charge < -0.3 is 4.90 Å². The van der Waals surface area contributed by atoms with Crippen LogP contribution in [-0.4, -0.2) is 90.7 Å². The standard InChI is InChI=1S/C23H46N4/c1-20-16-21(2)18-26(17-20)12-6-10-24-14-15-25(19-24)11-7-13-27-22(3)8-5-9-23(27)4/h20-23H,5-19H2,1-4H3. The van der Waals surface area contributed by atoms with E-state index < -0.39 is 0 Å². The molecule has 0 bridgehead atoms. The highest BCUT2D eigenvalue weighted by molar-refractivity contribution is 4.80. The summed E-state index contributed by atoms with van der Waals surface area (Å²) in [6.07, 6.45) is 8.33. The van der Waals surface area contributed by atoms with Crippen molar-refractivity contribution in [3.8, 4) is 0 Å². The van der Waals surface area contributed by atoms with Gasteiger partial charge in [-0.15, -0.1) is 0 Å². The molecule has 0 saturated carbocycles. The number of hydrogen-bond acceptors (Lipinski definition) is 4. The molecule has 0 spiro atoms. The van der Waals surface area contributed by atoms with E-state index >= 15 is 0 Å². The molecular weight excluding hydrogens is 332 g/mol. The lowest BCUT2D eigenvalue weighted by Gasteiger charge is -2.39. The van der Waals surface area contributed by atoms with Crippen LogP contribution in [0.3, 0.4) is 0 Å². The highest BCUT2D eigenvalue weighted by Crippen LogP contribution is 2.23. The van der Waals surface area contributed by atoms with Gasteiger partial charge in [-0.3, -0.25) is 14.7 Å². The van der Waals surface area contributed by atoms with Crippen LogP contribution in [0.25, 0.3) is 0 Å². The molecule has 3 saturated heterocycles. The van der Waals surface area contributed by atoms with Gasteiger partial charge in [-0.2, -0.15) is 0 Å². The number of hydrogen-bond donors (Lipinski definition) is 0. The number of piperidine rings is 2. The summed E-state index contributed by atoms with van der Waals surface area (Å²) in [5.74, 6) is 1.78. The van der Waals surface area contributed by atoms with E-state index in [0.29, 0.717) is 0 Å². The van der Waals surface area contributed by atoms with Crippen LogP contribution in [0, 0.1) is 11.8 Å². The van der Waals surface area contributed by atoms with Gasteiger partial charge in [0.05, 0.1) is 6.67 Å². The Hall–Kier alpha value is -0.160. The molecule has 4 heteroatoms. The van der Waals surface area contributed by atoms with Crippen LogP contribution in [0.2, 0.25) is 0 Å². The minimum Gasteiger partial charge on any atom is -0.303 e. The first-order valence-corrected chi connectivity index (χ1v) is 11.9. The maximum absolute atomic E-state index is 2.76. The Balaban J connectivity index is 1.26. The zero-order chi connectivity index (χ0) is 19.2. The molecule has 0 radical (unpaired) electrons. The molecule has 27 heavy (non-hydrogen) atoms. The summed E-state index contributed by atoms with van der Waals surface area (Å²) >= 11 is 0. The summed E-state index contributed by atoms with van der Waals surface area (Å²) in [4.78, 5) is 10.8. The van der Waals surface area contributed by atoms with Crippen LogP contribution >= 0.6 is 0 Å². The molecule has 0 amide bonds. The third-order valence-corrected chi connectivity index (χ3v) is 7.29. The largest absolute Gasteiger partial charge is 0.303 e. The second-order valence-corrected chi connectivity index (χ2v) is 10.2. The van der Waals surface area contributed by atoms with Crippen molar-refractivity contribution in [2.45, 2.75) is 78.3 Å². The minimum atomic E-state index is 0.795. The Morgan fingerprint density at radius 1 is 0.667 bits per heavy atom. The predicted octanol–water partition coefficient (Wildman–Crippen LogP) is 3.58. The smallest absolute Gasteiger partial charge is 0.0507 e. The van der Waals surface area contributed by atoms with E-state index in [-0.39, 0.29) is 0 Å². The summed E-state index contributed by atoms with van der Waals surface area (Å²) in [6, 6.07) is 1.59. The Morgan fingerprint density at radius 2 is 1.19 bits per heavy atom. The Bertz CT molecular complexity index is 409. The van der Waals surface area contributed by atoms with E-state index in [2.05, 4.69) is 47.3 Å². The molecule has 4 unspecified atom stereocenters. The first kappa shape index (κ1) is 21.5. The van der Waals surface area contributed by atoms with Crippen LogP contribution in [0.5, 0.6) is 0 Å². The van der Waals surface area contributed by atoms with Crippen molar-refractivity contribution in [3.63, 3.8) is 0 Å². The molecule has 0 N–H and O–H groups in total. The van der Waals surface area contributed by atoms with Gasteiger partial charge in [0.15, 0.2) is 0 Å². The second kappa shape index (κ2) is 10.6. The summed E-state index contributed by atoms with van der Waals surface area (Å²) in [5.41, 5.74) is 0. The fourth-order valence-corrected chi connectivity index (χ4v) is 5.96. The van der Waals surface area contributed by atoms with Crippen LogP contribution < -0.4 is 0 Å². The average Bonchev–Trinajstić information content (AvgIpc) is 3.04. The van der Waals surface area contributed by atoms with Crippen LogP contribution in [0.4, 0.5) is 0 Å². The zero-order valence-electron chi connectivity index (χ0n) is 18.7. The van der Waals surface area contributed by atoms with E-state index in [1.54, 1.807) is 0 Å². The molecule has 0 aliphatic carbocycles. The molecule has 3 fully saturated rings. The molecule has 3 aliphatic rings. The Kier molecular flexibility index (Phi) is 8.43. The lowest BCUT2D eigenvalue weighted by Crippen LogP contribution is -2.44. The van der Waals surface area contributed by atoms with Gasteiger partial charge >= 0.3 is 0 Å². The fraction of sp³-hybridized carbons (Fsp3) is 1.00. The van der Waals surface area contributed by atoms with E-state index in [0.717, 1.165) is 23.9 Å². The molecule has 3 heterocycles. The first-order valence-electron chi connectivity index (χ1n) is 11.9. The van der Waals surface area contributed by atoms with Gasteiger partial charge in [0.1, 0.15) is 0 Å². The second-order valence-electron chi connectivity index (χ2n) is 10.2. The molecule has 0 aromatic heterocycles. The summed E-state index contributed by atoms with van der Waals surface area (Å²) < 4.78 is 0. The van der Waals surface area contributed by atoms with Gasteiger partial charge in [-0.25, -0.2) is 0 Å². The van der Waals surface area contributed by atoms with Crippen LogP contribution in [-0.2, 0) is 0 Å². The lowest BCUT2D eigenvalue weighted by atomic mass is 9.92. The van der Waals surface area contributed by atoms with Crippen molar-refractivity contribution in [1.82, 2.24) is 19.6 Å². The predicted molar refractivity (Wildman–Crippen MR) is 116 cm³/mol. The highest BCUT2D eigenvalue weighted by atomic mass is 15.4. The fourth-order valence-electron chi connectivity index (χ4n) is 5.96. The molecular formula is C23H46N4. The summed E-state index contributed by atoms with van der Waals surface area (Å²) in [5, 5.41) is 0. The van der Waals surface area contributed by atoms with Crippen molar-refractivity contribution in [1.29, 1.82) is 0 Å². The molecule has 158 valence electrons. The van der Waals surface area contributed by atoms with E-state index in [4.69, 9.17) is 0 Å². The Morgan fingerprint density at radius 3 is 1.78 bits per heavy atom. The summed E-state index contributed by atoms with van der Waals surface area (Å²) in [6.45, 7) is 21.3. The molecule has 3 rings (SSSR count). The van der Waals surface area contributed by atoms with Gasteiger partial charge in [-0.1, -0.05) is 20.3 Å². The molecule has 0 aromatic rings. The number of rotatable bonds is 8. The van der Waals surface area contributed by atoms with Crippen LogP contribution in [0.1, 0.15) is 66.2 Å². The monoisotopic (exact) mass is 378 g/mol. The van der Waals surface area contributed by atoms with Crippen molar-refractivity contribution in [2.24, 2.45) is 11.8 Å². The molecule has 3 aliphatic heterocycles. The van der Waals surface area contributed by atoms with E-state index in [9.17, 15) is 0 Å². The lowest BCUT2D eigenvalue weighted by molar-refractivity contribution is 0.0968. The van der Waals surface area contributed by atoms with Crippen LogP contribution in [0.15, 0.2) is 0 Å². The van der Waals surface area contributed by atoms with Crippen molar-refractivity contribution < 1.29 is 0 Å². The van der Waals surface area contributed by atoms with E-state index in [1.807, 2.05) is 0 Å². The van der Waals surface area contributed by atoms with Crippen molar-refractivity contribution in [3.05, 3.63) is 0 Å². The SMILES string of the molecule is CC1CC(C)CN(CCCN2CCN(CCCN3C(C)CCCC3C)C2)C1. The van der Waals surface area contributed by atoms with Crippen molar-refractivity contribution >= 4 is 0 Å². The third kappa shape index (κ3) is 6.69. The third-order valence-electron chi connectivity index (χ3n) is 7.29. The van der Waals surface area contributed by atoms with E-state index in [1.165, 1.54) is 97.6 Å². The van der Waals surface area contributed by atoms with Gasteiger partial charge in [0, 0.05) is 51.4 Å². The minimum absolute atomic E-state index is 0.795. The van der Waals surface area contributed by atoms with Gasteiger partial charge in [-0.05, 0) is 70.9 Å². The van der Waals surface area contributed by atoms with Gasteiger partial charge in [0.2, 0.25) is 0 Å². The van der Waals surface area contributed by atoms with Gasteiger partial charge in [0.25, 0.3) is 0 Å². The molecule has 0 aromatic carbocycles. The number of nitrogens with zero attached hydrogens (tertiary/aromatic N) is 4. The molecule has 4 nitrogen and oxygen atoms in total. The highest BCUT2D eigenvalue weighted by Gasteiger charge is 2.25. The Labute approximate surface area is 169 Å².